The maximum Gasteiger partial charge on any atom is 0.158 e. The highest BCUT2D eigenvalue weighted by atomic mass is 79.9. The van der Waals surface area contributed by atoms with Gasteiger partial charge in [-0.25, -0.2) is 9.97 Å². The molecule has 0 aliphatic carbocycles. The van der Waals surface area contributed by atoms with E-state index in [0.29, 0.717) is 24.1 Å². The number of ether oxygens (including phenoxy) is 1. The van der Waals surface area contributed by atoms with E-state index < -0.39 is 0 Å². The van der Waals surface area contributed by atoms with Crippen molar-refractivity contribution in [3.8, 4) is 0 Å². The van der Waals surface area contributed by atoms with Crippen LogP contribution in [0.4, 0.5) is 17.3 Å². The van der Waals surface area contributed by atoms with Crippen molar-refractivity contribution in [2.24, 2.45) is 0 Å². The van der Waals surface area contributed by atoms with Crippen LogP contribution in [0.2, 0.25) is 0 Å². The molecule has 20 heavy (non-hydrogen) atoms. The standard InChI is InChI=1S/C14H17BrN4O/c1-8-4-10(15)5-9(2)14(8)19-12-6-11(16)17-13(18-12)7-20-3/h4-6H,7H2,1-3H3,(H3,16,17,18,19). The summed E-state index contributed by atoms with van der Waals surface area (Å²) < 4.78 is 6.09. The second-order valence-corrected chi connectivity index (χ2v) is 5.48. The fourth-order valence-electron chi connectivity index (χ4n) is 2.01. The minimum Gasteiger partial charge on any atom is -0.384 e. The summed E-state index contributed by atoms with van der Waals surface area (Å²) in [5.74, 6) is 1.64. The lowest BCUT2D eigenvalue weighted by molar-refractivity contribution is 0.178. The van der Waals surface area contributed by atoms with Crippen LogP contribution in [0.15, 0.2) is 22.7 Å². The van der Waals surface area contributed by atoms with Gasteiger partial charge in [0.1, 0.15) is 18.2 Å². The molecule has 0 spiro atoms. The van der Waals surface area contributed by atoms with Crippen molar-refractivity contribution in [3.63, 3.8) is 0 Å². The largest absolute Gasteiger partial charge is 0.384 e. The number of nitrogens with one attached hydrogen (secondary N) is 1. The Bertz CT molecular complexity index is 608. The first-order valence-corrected chi connectivity index (χ1v) is 6.95. The van der Waals surface area contributed by atoms with Crippen molar-refractivity contribution in [2.75, 3.05) is 18.2 Å². The fraction of sp³-hybridized carbons (Fsp3) is 0.286. The maximum absolute atomic E-state index is 5.79. The van der Waals surface area contributed by atoms with E-state index in [0.717, 1.165) is 21.3 Å². The van der Waals surface area contributed by atoms with Gasteiger partial charge in [0.25, 0.3) is 0 Å². The number of aryl methyl sites for hydroxylation is 2. The van der Waals surface area contributed by atoms with Crippen LogP contribution < -0.4 is 11.1 Å². The summed E-state index contributed by atoms with van der Waals surface area (Å²) in [7, 11) is 1.60. The number of benzene rings is 1. The Balaban J connectivity index is 2.35. The van der Waals surface area contributed by atoms with Gasteiger partial charge < -0.3 is 15.8 Å². The fourth-order valence-corrected chi connectivity index (χ4v) is 2.70. The van der Waals surface area contributed by atoms with Crippen molar-refractivity contribution < 1.29 is 4.74 Å². The Labute approximate surface area is 126 Å². The third-order valence-corrected chi connectivity index (χ3v) is 3.27. The van der Waals surface area contributed by atoms with E-state index in [1.54, 1.807) is 13.2 Å². The van der Waals surface area contributed by atoms with Crippen molar-refractivity contribution in [1.82, 2.24) is 9.97 Å². The molecule has 0 amide bonds. The average molecular weight is 337 g/mol. The first-order chi connectivity index (χ1) is 9.49. The number of hydrogen-bond donors (Lipinski definition) is 2. The number of aromatic nitrogens is 2. The zero-order chi connectivity index (χ0) is 14.7. The predicted octanol–water partition coefficient (Wildman–Crippen LogP) is 3.33. The van der Waals surface area contributed by atoms with Gasteiger partial charge in [-0.2, -0.15) is 0 Å². The van der Waals surface area contributed by atoms with Gasteiger partial charge in [0.2, 0.25) is 0 Å². The Hall–Kier alpha value is -1.66. The SMILES string of the molecule is COCc1nc(N)cc(Nc2c(C)cc(Br)cc2C)n1. The average Bonchev–Trinajstić information content (AvgIpc) is 2.33. The summed E-state index contributed by atoms with van der Waals surface area (Å²) in [6.07, 6.45) is 0. The Morgan fingerprint density at radius 1 is 1.20 bits per heavy atom. The molecule has 0 unspecified atom stereocenters. The highest BCUT2D eigenvalue weighted by molar-refractivity contribution is 9.10. The van der Waals surface area contributed by atoms with Crippen LogP contribution in [0.5, 0.6) is 0 Å². The van der Waals surface area contributed by atoms with Crippen molar-refractivity contribution in [1.29, 1.82) is 0 Å². The molecule has 106 valence electrons. The van der Waals surface area contributed by atoms with E-state index in [2.05, 4.69) is 43.3 Å². The van der Waals surface area contributed by atoms with Gasteiger partial charge in [0.05, 0.1) is 0 Å². The van der Waals surface area contributed by atoms with E-state index in [-0.39, 0.29) is 0 Å². The second-order valence-electron chi connectivity index (χ2n) is 4.57. The van der Waals surface area contributed by atoms with E-state index in [9.17, 15) is 0 Å². The zero-order valence-electron chi connectivity index (χ0n) is 11.7. The van der Waals surface area contributed by atoms with Crippen LogP contribution in [0.3, 0.4) is 0 Å². The molecule has 2 aromatic rings. The highest BCUT2D eigenvalue weighted by Gasteiger charge is 2.08. The molecule has 5 nitrogen and oxygen atoms in total. The highest BCUT2D eigenvalue weighted by Crippen LogP contribution is 2.27. The summed E-state index contributed by atoms with van der Waals surface area (Å²) in [5.41, 5.74) is 9.07. The molecule has 0 bridgehead atoms. The third-order valence-electron chi connectivity index (χ3n) is 2.82. The first kappa shape index (κ1) is 14.7. The molecule has 1 aromatic heterocycles. The minimum atomic E-state index is 0.331. The number of hydrogen-bond acceptors (Lipinski definition) is 5. The molecule has 0 atom stereocenters. The molecule has 0 fully saturated rings. The molecule has 3 N–H and O–H groups in total. The van der Waals surface area contributed by atoms with Gasteiger partial charge in [-0.3, -0.25) is 0 Å². The summed E-state index contributed by atoms with van der Waals surface area (Å²) in [6.45, 7) is 4.42. The smallest absolute Gasteiger partial charge is 0.158 e. The van der Waals surface area contributed by atoms with Gasteiger partial charge >= 0.3 is 0 Å². The quantitative estimate of drug-likeness (QED) is 0.895. The molecule has 2 rings (SSSR count). The lowest BCUT2D eigenvalue weighted by Crippen LogP contribution is -2.05. The van der Waals surface area contributed by atoms with Crippen LogP contribution in [0.1, 0.15) is 17.0 Å². The molecule has 6 heteroatoms. The Kier molecular flexibility index (Phi) is 4.57. The number of anilines is 3. The summed E-state index contributed by atoms with van der Waals surface area (Å²) >= 11 is 3.49. The number of rotatable bonds is 4. The van der Waals surface area contributed by atoms with Gasteiger partial charge in [-0.15, -0.1) is 0 Å². The summed E-state index contributed by atoms with van der Waals surface area (Å²) in [4.78, 5) is 8.50. The number of nitrogens with zero attached hydrogens (tertiary/aromatic N) is 2. The first-order valence-electron chi connectivity index (χ1n) is 6.15. The van der Waals surface area contributed by atoms with Crippen LogP contribution >= 0.6 is 15.9 Å². The van der Waals surface area contributed by atoms with Crippen LogP contribution in [-0.4, -0.2) is 17.1 Å². The van der Waals surface area contributed by atoms with E-state index >= 15 is 0 Å². The Morgan fingerprint density at radius 2 is 1.85 bits per heavy atom. The van der Waals surface area contributed by atoms with Crippen LogP contribution in [-0.2, 0) is 11.3 Å². The monoisotopic (exact) mass is 336 g/mol. The minimum absolute atomic E-state index is 0.331. The molecule has 0 aliphatic rings. The topological polar surface area (TPSA) is 73.1 Å². The number of methoxy groups -OCH3 is 1. The lowest BCUT2D eigenvalue weighted by Gasteiger charge is -2.13. The summed E-state index contributed by atoms with van der Waals surface area (Å²) in [5, 5.41) is 3.30. The summed E-state index contributed by atoms with van der Waals surface area (Å²) in [6, 6.07) is 5.81. The zero-order valence-corrected chi connectivity index (χ0v) is 13.3. The van der Waals surface area contributed by atoms with Crippen molar-refractivity contribution >= 4 is 33.3 Å². The van der Waals surface area contributed by atoms with Gasteiger partial charge in [0, 0.05) is 23.3 Å². The van der Waals surface area contributed by atoms with Gasteiger partial charge in [0.15, 0.2) is 5.82 Å². The number of halogens is 1. The Morgan fingerprint density at radius 3 is 2.45 bits per heavy atom. The second kappa shape index (κ2) is 6.19. The molecular weight excluding hydrogens is 320 g/mol. The molecule has 1 aromatic carbocycles. The molecule has 1 heterocycles. The van der Waals surface area contributed by atoms with Crippen molar-refractivity contribution in [3.05, 3.63) is 39.6 Å². The van der Waals surface area contributed by atoms with Crippen LogP contribution in [0, 0.1) is 13.8 Å². The number of nitrogens with two attached hydrogens (primary N) is 1. The van der Waals surface area contributed by atoms with E-state index in [1.165, 1.54) is 0 Å². The molecule has 0 radical (unpaired) electrons. The molecular formula is C14H17BrN4O. The molecule has 0 aliphatic heterocycles. The predicted molar refractivity (Wildman–Crippen MR) is 84.1 cm³/mol. The normalized spacial score (nSPS) is 10.6. The molecule has 0 saturated carbocycles. The third kappa shape index (κ3) is 3.46. The molecule has 0 saturated heterocycles. The van der Waals surface area contributed by atoms with Gasteiger partial charge in [-0.05, 0) is 37.1 Å². The van der Waals surface area contributed by atoms with E-state index in [4.69, 9.17) is 10.5 Å². The van der Waals surface area contributed by atoms with Crippen LogP contribution in [0.25, 0.3) is 0 Å². The van der Waals surface area contributed by atoms with Gasteiger partial charge in [-0.1, -0.05) is 15.9 Å². The lowest BCUT2D eigenvalue weighted by atomic mass is 10.1. The van der Waals surface area contributed by atoms with Crippen molar-refractivity contribution in [2.45, 2.75) is 20.5 Å². The maximum atomic E-state index is 5.79. The van der Waals surface area contributed by atoms with E-state index in [1.807, 2.05) is 13.8 Å². The number of nitrogen functional groups attached to an aromatic ring is 1.